The molecule has 2 aliphatic rings. The fourth-order valence-corrected chi connectivity index (χ4v) is 7.25. The Labute approximate surface area is 308 Å². The predicted octanol–water partition coefficient (Wildman–Crippen LogP) is 9.70. The van der Waals surface area contributed by atoms with E-state index in [0.717, 1.165) is 31.2 Å². The second kappa shape index (κ2) is 15.8. The molecule has 272 valence electrons. The SMILES string of the molecule is CC(C)(C)c1ccc(Oc2ccc3c(c2)CCN(C(=O)CC2CCCC2)C3C(=O)NC(CC(=O)O)c2ccc(Oc3ccc(F)c(Cl)c3)cc2)cc1. The highest BCUT2D eigenvalue weighted by molar-refractivity contribution is 6.30. The Hall–Kier alpha value is -4.89. The van der Waals surface area contributed by atoms with Gasteiger partial charge in [0.15, 0.2) is 0 Å². The summed E-state index contributed by atoms with van der Waals surface area (Å²) in [6.45, 7) is 6.82. The molecule has 0 saturated heterocycles. The minimum Gasteiger partial charge on any atom is -0.481 e. The van der Waals surface area contributed by atoms with Gasteiger partial charge >= 0.3 is 5.97 Å². The van der Waals surface area contributed by atoms with Crippen LogP contribution < -0.4 is 14.8 Å². The predicted molar refractivity (Wildman–Crippen MR) is 197 cm³/mol. The summed E-state index contributed by atoms with van der Waals surface area (Å²) in [6, 6.07) is 22.4. The molecule has 1 fully saturated rings. The van der Waals surface area contributed by atoms with Crippen LogP contribution in [0.3, 0.4) is 0 Å². The first-order valence-corrected chi connectivity index (χ1v) is 18.2. The molecule has 8 nitrogen and oxygen atoms in total. The number of rotatable bonds is 11. The fourth-order valence-electron chi connectivity index (χ4n) is 7.08. The van der Waals surface area contributed by atoms with Crippen molar-refractivity contribution in [1.29, 1.82) is 0 Å². The van der Waals surface area contributed by atoms with Crippen LogP contribution in [0.25, 0.3) is 0 Å². The number of carboxylic acid groups (broad SMARTS) is 1. The summed E-state index contributed by atoms with van der Waals surface area (Å²) in [7, 11) is 0. The van der Waals surface area contributed by atoms with Crippen molar-refractivity contribution < 1.29 is 33.4 Å². The molecule has 2 atom stereocenters. The van der Waals surface area contributed by atoms with Crippen LogP contribution >= 0.6 is 11.6 Å². The number of hydrogen-bond acceptors (Lipinski definition) is 5. The lowest BCUT2D eigenvalue weighted by molar-refractivity contribution is -0.143. The molecule has 1 saturated carbocycles. The highest BCUT2D eigenvalue weighted by Gasteiger charge is 2.38. The molecule has 1 heterocycles. The molecule has 0 radical (unpaired) electrons. The molecular formula is C42H44ClFN2O6. The molecule has 4 aromatic rings. The summed E-state index contributed by atoms with van der Waals surface area (Å²) in [4.78, 5) is 41.9. The van der Waals surface area contributed by atoms with E-state index in [1.807, 2.05) is 30.3 Å². The quantitative estimate of drug-likeness (QED) is 0.160. The van der Waals surface area contributed by atoms with Crippen molar-refractivity contribution in [3.8, 4) is 23.0 Å². The van der Waals surface area contributed by atoms with Crippen LogP contribution in [0.1, 0.15) is 93.6 Å². The number of benzene rings is 4. The molecule has 52 heavy (non-hydrogen) atoms. The van der Waals surface area contributed by atoms with Gasteiger partial charge in [-0.2, -0.15) is 0 Å². The van der Waals surface area contributed by atoms with Crippen molar-refractivity contribution in [3.63, 3.8) is 0 Å². The maximum Gasteiger partial charge on any atom is 0.305 e. The minimum atomic E-state index is -1.10. The zero-order valence-electron chi connectivity index (χ0n) is 29.7. The number of amides is 2. The number of carboxylic acids is 1. The molecule has 0 bridgehead atoms. The number of halogens is 2. The minimum absolute atomic E-state index is 0.0166. The molecule has 4 aromatic carbocycles. The molecule has 10 heteroatoms. The van der Waals surface area contributed by atoms with E-state index in [-0.39, 0.29) is 22.8 Å². The van der Waals surface area contributed by atoms with Crippen LogP contribution in [-0.4, -0.2) is 34.3 Å². The first-order valence-electron chi connectivity index (χ1n) is 17.8. The van der Waals surface area contributed by atoms with E-state index >= 15 is 0 Å². The van der Waals surface area contributed by atoms with Gasteiger partial charge in [-0.15, -0.1) is 0 Å². The number of nitrogens with one attached hydrogen (secondary N) is 1. The van der Waals surface area contributed by atoms with Crippen molar-refractivity contribution in [1.82, 2.24) is 10.2 Å². The second-order valence-electron chi connectivity index (χ2n) is 14.7. The molecule has 1 aliphatic heterocycles. The average molecular weight is 727 g/mol. The Morgan fingerprint density at radius 2 is 1.48 bits per heavy atom. The molecule has 6 rings (SSSR count). The van der Waals surface area contributed by atoms with Gasteiger partial charge in [-0.1, -0.05) is 75.5 Å². The van der Waals surface area contributed by atoms with E-state index in [0.29, 0.717) is 59.4 Å². The topological polar surface area (TPSA) is 105 Å². The summed E-state index contributed by atoms with van der Waals surface area (Å²) >= 11 is 5.89. The average Bonchev–Trinajstić information content (AvgIpc) is 3.62. The largest absolute Gasteiger partial charge is 0.481 e. The van der Waals surface area contributed by atoms with Crippen molar-refractivity contribution in [2.75, 3.05) is 6.54 Å². The van der Waals surface area contributed by atoms with Crippen LogP contribution in [0.5, 0.6) is 23.0 Å². The first-order chi connectivity index (χ1) is 24.8. The van der Waals surface area contributed by atoms with Crippen molar-refractivity contribution in [2.24, 2.45) is 5.92 Å². The number of carbonyl (C=O) groups excluding carboxylic acids is 2. The fraction of sp³-hybridized carbons (Fsp3) is 0.357. The van der Waals surface area contributed by atoms with Crippen LogP contribution in [0, 0.1) is 11.7 Å². The first kappa shape index (κ1) is 36.9. The Morgan fingerprint density at radius 1 is 0.885 bits per heavy atom. The number of fused-ring (bicyclic) bond motifs is 1. The third-order valence-electron chi connectivity index (χ3n) is 9.91. The highest BCUT2D eigenvalue weighted by Crippen LogP contribution is 2.37. The molecule has 0 aromatic heterocycles. The standard InChI is InChI=1S/C42H44ClFN2O6/c1-42(2,3)29-10-14-31(15-11-29)51-32-16-18-34-28(23-32)20-21-46(38(47)22-26-6-4-5-7-26)40(34)41(50)45-37(25-39(48)49)27-8-12-30(13-9-27)52-33-17-19-36(44)35(43)24-33/h8-19,23-24,26,37,40H,4-7,20-22,25H2,1-3H3,(H,45,50)(H,48,49). The summed E-state index contributed by atoms with van der Waals surface area (Å²) in [5.74, 6) is 0.175. The molecule has 2 N–H and O–H groups in total. The Bertz CT molecular complexity index is 1920. The zero-order valence-corrected chi connectivity index (χ0v) is 30.4. The number of aliphatic carboxylic acids is 1. The van der Waals surface area contributed by atoms with E-state index in [1.165, 1.54) is 23.8 Å². The number of ether oxygens (including phenoxy) is 2. The molecular weight excluding hydrogens is 683 g/mol. The number of nitrogens with zero attached hydrogens (tertiary/aromatic N) is 1. The van der Waals surface area contributed by atoms with Gasteiger partial charge in [0.1, 0.15) is 34.9 Å². The number of carbonyl (C=O) groups is 3. The van der Waals surface area contributed by atoms with Crippen molar-refractivity contribution >= 4 is 29.4 Å². The van der Waals surface area contributed by atoms with Gasteiger partial charge in [-0.25, -0.2) is 4.39 Å². The normalized spacial score (nSPS) is 16.6. The lowest BCUT2D eigenvalue weighted by Crippen LogP contribution is -2.48. The third-order valence-corrected chi connectivity index (χ3v) is 10.2. The molecule has 2 amide bonds. The number of hydrogen-bond donors (Lipinski definition) is 2. The van der Waals surface area contributed by atoms with E-state index in [9.17, 15) is 23.9 Å². The van der Waals surface area contributed by atoms with E-state index in [1.54, 1.807) is 29.2 Å². The van der Waals surface area contributed by atoms with Gasteiger partial charge in [0.05, 0.1) is 17.5 Å². The maximum atomic E-state index is 14.3. The summed E-state index contributed by atoms with van der Waals surface area (Å²) in [6.07, 6.45) is 4.75. The van der Waals surface area contributed by atoms with Crippen LogP contribution in [0.4, 0.5) is 4.39 Å². The van der Waals surface area contributed by atoms with Gasteiger partial charge in [0, 0.05) is 19.0 Å². The van der Waals surface area contributed by atoms with Gasteiger partial charge < -0.3 is 24.8 Å². The lowest BCUT2D eigenvalue weighted by Gasteiger charge is -2.38. The Morgan fingerprint density at radius 3 is 2.10 bits per heavy atom. The van der Waals surface area contributed by atoms with Gasteiger partial charge in [0.2, 0.25) is 11.8 Å². The summed E-state index contributed by atoms with van der Waals surface area (Å²) in [5.41, 5.74) is 3.34. The molecule has 1 aliphatic carbocycles. The van der Waals surface area contributed by atoms with Gasteiger partial charge in [0.25, 0.3) is 0 Å². The van der Waals surface area contributed by atoms with Crippen LogP contribution in [0.15, 0.2) is 84.9 Å². The van der Waals surface area contributed by atoms with E-state index in [2.05, 4.69) is 38.2 Å². The van der Waals surface area contributed by atoms with Crippen molar-refractivity contribution in [2.45, 2.75) is 83.2 Å². The maximum absolute atomic E-state index is 14.3. The molecule has 0 spiro atoms. The highest BCUT2D eigenvalue weighted by atomic mass is 35.5. The zero-order chi connectivity index (χ0) is 37.0. The smallest absolute Gasteiger partial charge is 0.305 e. The summed E-state index contributed by atoms with van der Waals surface area (Å²) < 4.78 is 25.6. The lowest BCUT2D eigenvalue weighted by atomic mass is 9.87. The van der Waals surface area contributed by atoms with Crippen LogP contribution in [-0.2, 0) is 26.2 Å². The monoisotopic (exact) mass is 726 g/mol. The van der Waals surface area contributed by atoms with Crippen LogP contribution in [0.2, 0.25) is 5.02 Å². The second-order valence-corrected chi connectivity index (χ2v) is 15.1. The van der Waals surface area contributed by atoms with E-state index in [4.69, 9.17) is 21.1 Å². The Kier molecular flexibility index (Phi) is 11.2. The Balaban J connectivity index is 1.25. The van der Waals surface area contributed by atoms with E-state index < -0.39 is 29.8 Å². The van der Waals surface area contributed by atoms with Crippen molar-refractivity contribution in [3.05, 3.63) is 118 Å². The molecule has 2 unspecified atom stereocenters. The van der Waals surface area contributed by atoms with Gasteiger partial charge in [-0.05, 0) is 101 Å². The third kappa shape index (κ3) is 8.94. The summed E-state index contributed by atoms with van der Waals surface area (Å²) in [5, 5.41) is 12.7. The van der Waals surface area contributed by atoms with Gasteiger partial charge in [-0.3, -0.25) is 14.4 Å².